The topological polar surface area (TPSA) is 61.9 Å². The van der Waals surface area contributed by atoms with Crippen LogP contribution in [0, 0.1) is 12.8 Å². The lowest BCUT2D eigenvalue weighted by molar-refractivity contribution is -0.132. The Bertz CT molecular complexity index is 1000. The molecule has 0 saturated carbocycles. The van der Waals surface area contributed by atoms with Gasteiger partial charge in [0.2, 0.25) is 5.91 Å². The van der Waals surface area contributed by atoms with E-state index in [2.05, 4.69) is 55.9 Å². The summed E-state index contributed by atoms with van der Waals surface area (Å²) in [6.45, 7) is 8.73. The number of amides is 2. The number of carbonyl (C=O) groups is 2. The van der Waals surface area contributed by atoms with Crippen molar-refractivity contribution in [2.24, 2.45) is 5.92 Å². The normalized spacial score (nSPS) is 13.9. The first kappa shape index (κ1) is 25.8. The lowest BCUT2D eigenvalue weighted by atomic mass is 10.1. The van der Waals surface area contributed by atoms with Crippen molar-refractivity contribution in [1.29, 1.82) is 0 Å². The van der Waals surface area contributed by atoms with Gasteiger partial charge in [0.15, 0.2) is 6.61 Å². The maximum atomic E-state index is 12.4. The van der Waals surface area contributed by atoms with Crippen LogP contribution >= 0.6 is 43.5 Å². The van der Waals surface area contributed by atoms with Crippen LogP contribution in [-0.4, -0.2) is 49.5 Å². The van der Waals surface area contributed by atoms with E-state index in [1.54, 1.807) is 6.07 Å². The van der Waals surface area contributed by atoms with E-state index in [0.29, 0.717) is 41.9 Å². The second kappa shape index (κ2) is 11.6. The highest BCUT2D eigenvalue weighted by Gasteiger charge is 2.23. The average Bonchev–Trinajstić information content (AvgIpc) is 2.72. The maximum Gasteiger partial charge on any atom is 0.262 e. The molecule has 0 atom stereocenters. The third-order valence-electron chi connectivity index (χ3n) is 5.33. The molecular weight excluding hydrogens is 574 g/mol. The fourth-order valence-electron chi connectivity index (χ4n) is 3.72. The largest absolute Gasteiger partial charge is 0.482 e. The van der Waals surface area contributed by atoms with Gasteiger partial charge in [0.1, 0.15) is 5.75 Å². The van der Waals surface area contributed by atoms with Gasteiger partial charge in [-0.05, 0) is 64.7 Å². The summed E-state index contributed by atoms with van der Waals surface area (Å²) in [4.78, 5) is 28.8. The van der Waals surface area contributed by atoms with E-state index < -0.39 is 0 Å². The minimum atomic E-state index is -0.273. The summed E-state index contributed by atoms with van der Waals surface area (Å²) in [6.07, 6.45) is 0.581. The first-order valence-electron chi connectivity index (χ1n) is 10.8. The number of carbonyl (C=O) groups excluding carboxylic acids is 2. The summed E-state index contributed by atoms with van der Waals surface area (Å²) >= 11 is 13.4. The Labute approximate surface area is 216 Å². The summed E-state index contributed by atoms with van der Waals surface area (Å²) < 4.78 is 7.42. The fraction of sp³-hybridized carbons (Fsp3) is 0.417. The molecule has 1 aliphatic heterocycles. The zero-order valence-corrected chi connectivity index (χ0v) is 22.9. The van der Waals surface area contributed by atoms with Gasteiger partial charge in [-0.25, -0.2) is 0 Å². The summed E-state index contributed by atoms with van der Waals surface area (Å²) in [5, 5.41) is 3.39. The van der Waals surface area contributed by atoms with E-state index in [4.69, 9.17) is 16.3 Å². The SMILES string of the molecule is Cc1cc(Br)cc(Br)c1OCC(=O)Nc1ccc(N2CCN(C(=O)CC(C)C)CC2)c(Cl)c1. The zero-order chi connectivity index (χ0) is 24.1. The van der Waals surface area contributed by atoms with Crippen molar-refractivity contribution in [2.75, 3.05) is 43.0 Å². The maximum absolute atomic E-state index is 12.4. The number of aryl methyl sites for hydroxylation is 1. The van der Waals surface area contributed by atoms with Gasteiger partial charge < -0.3 is 19.9 Å². The molecule has 0 bridgehead atoms. The van der Waals surface area contributed by atoms with Crippen molar-refractivity contribution in [3.8, 4) is 5.75 Å². The molecule has 1 saturated heterocycles. The van der Waals surface area contributed by atoms with Crippen molar-refractivity contribution in [2.45, 2.75) is 27.2 Å². The van der Waals surface area contributed by atoms with Gasteiger partial charge in [-0.3, -0.25) is 9.59 Å². The molecule has 3 rings (SSSR count). The number of anilines is 2. The molecular formula is C24H28Br2ClN3O3. The number of rotatable bonds is 7. The average molecular weight is 602 g/mol. The summed E-state index contributed by atoms with van der Waals surface area (Å²) in [6, 6.07) is 9.28. The monoisotopic (exact) mass is 599 g/mol. The van der Waals surface area contributed by atoms with Crippen LogP contribution in [0.2, 0.25) is 5.02 Å². The fourth-order valence-corrected chi connectivity index (χ4v) is 5.58. The predicted octanol–water partition coefficient (Wildman–Crippen LogP) is 5.89. The first-order valence-corrected chi connectivity index (χ1v) is 12.8. The van der Waals surface area contributed by atoms with E-state index in [1.165, 1.54) is 0 Å². The Morgan fingerprint density at radius 1 is 1.12 bits per heavy atom. The van der Waals surface area contributed by atoms with E-state index in [0.717, 1.165) is 33.3 Å². The van der Waals surface area contributed by atoms with Crippen LogP contribution in [0.5, 0.6) is 5.75 Å². The van der Waals surface area contributed by atoms with Gasteiger partial charge in [0, 0.05) is 42.8 Å². The molecule has 2 aromatic rings. The number of piperazine rings is 1. The molecule has 2 aromatic carbocycles. The molecule has 1 heterocycles. The van der Waals surface area contributed by atoms with Crippen molar-refractivity contribution in [1.82, 2.24) is 4.90 Å². The van der Waals surface area contributed by atoms with Gasteiger partial charge in [-0.15, -0.1) is 0 Å². The lowest BCUT2D eigenvalue weighted by Crippen LogP contribution is -2.49. The van der Waals surface area contributed by atoms with E-state index in [1.807, 2.05) is 36.1 Å². The van der Waals surface area contributed by atoms with Crippen LogP contribution in [0.15, 0.2) is 39.3 Å². The molecule has 1 aliphatic rings. The minimum Gasteiger partial charge on any atom is -0.482 e. The number of nitrogens with one attached hydrogen (secondary N) is 1. The summed E-state index contributed by atoms with van der Waals surface area (Å²) in [5.74, 6) is 0.929. The Morgan fingerprint density at radius 3 is 2.42 bits per heavy atom. The zero-order valence-electron chi connectivity index (χ0n) is 19.0. The second-order valence-corrected chi connectivity index (χ2v) is 10.7. The Hall–Kier alpha value is -1.77. The highest BCUT2D eigenvalue weighted by Crippen LogP contribution is 2.33. The summed E-state index contributed by atoms with van der Waals surface area (Å²) in [5.41, 5.74) is 2.42. The molecule has 0 aliphatic carbocycles. The molecule has 6 nitrogen and oxygen atoms in total. The van der Waals surface area contributed by atoms with Crippen LogP contribution in [0.4, 0.5) is 11.4 Å². The molecule has 33 heavy (non-hydrogen) atoms. The Morgan fingerprint density at radius 2 is 1.82 bits per heavy atom. The van der Waals surface area contributed by atoms with Gasteiger partial charge in [-0.2, -0.15) is 0 Å². The highest BCUT2D eigenvalue weighted by atomic mass is 79.9. The molecule has 0 radical (unpaired) electrons. The minimum absolute atomic E-state index is 0.118. The van der Waals surface area contributed by atoms with Crippen LogP contribution < -0.4 is 15.0 Å². The molecule has 0 aromatic heterocycles. The standard InChI is InChI=1S/C24H28Br2ClN3O3/c1-15(2)10-23(32)30-8-6-29(7-9-30)21-5-4-18(13-20(21)27)28-22(31)14-33-24-16(3)11-17(25)12-19(24)26/h4-5,11-13,15H,6-10,14H2,1-3H3,(H,28,31). The number of nitrogens with zero attached hydrogens (tertiary/aromatic N) is 2. The van der Waals surface area contributed by atoms with Gasteiger partial charge in [0.05, 0.1) is 15.2 Å². The number of hydrogen-bond donors (Lipinski definition) is 1. The van der Waals surface area contributed by atoms with Gasteiger partial charge >= 0.3 is 0 Å². The number of benzene rings is 2. The third-order valence-corrected chi connectivity index (χ3v) is 6.68. The van der Waals surface area contributed by atoms with Crippen LogP contribution in [0.3, 0.4) is 0 Å². The van der Waals surface area contributed by atoms with Gasteiger partial charge in [0.25, 0.3) is 5.91 Å². The quantitative estimate of drug-likeness (QED) is 0.430. The van der Waals surface area contributed by atoms with Gasteiger partial charge in [-0.1, -0.05) is 41.4 Å². The number of hydrogen-bond acceptors (Lipinski definition) is 4. The molecule has 178 valence electrons. The number of halogens is 3. The number of ether oxygens (including phenoxy) is 1. The predicted molar refractivity (Wildman–Crippen MR) is 140 cm³/mol. The molecule has 9 heteroatoms. The van der Waals surface area contributed by atoms with Crippen molar-refractivity contribution in [3.05, 3.63) is 49.9 Å². The van der Waals surface area contributed by atoms with E-state index in [9.17, 15) is 9.59 Å². The second-order valence-electron chi connectivity index (χ2n) is 8.50. The molecule has 1 N–H and O–H groups in total. The molecule has 1 fully saturated rings. The first-order chi connectivity index (χ1) is 15.6. The van der Waals surface area contributed by atoms with Crippen molar-refractivity contribution < 1.29 is 14.3 Å². The third kappa shape index (κ3) is 7.11. The van der Waals surface area contributed by atoms with Crippen molar-refractivity contribution in [3.63, 3.8) is 0 Å². The Kier molecular flexibility index (Phi) is 9.07. The lowest BCUT2D eigenvalue weighted by Gasteiger charge is -2.36. The van der Waals surface area contributed by atoms with E-state index >= 15 is 0 Å². The van der Waals surface area contributed by atoms with Crippen molar-refractivity contribution >= 4 is 66.6 Å². The molecule has 2 amide bonds. The van der Waals surface area contributed by atoms with Crippen LogP contribution in [0.25, 0.3) is 0 Å². The Balaban J connectivity index is 1.54. The van der Waals surface area contributed by atoms with Crippen LogP contribution in [-0.2, 0) is 9.59 Å². The highest BCUT2D eigenvalue weighted by molar-refractivity contribution is 9.11. The smallest absolute Gasteiger partial charge is 0.262 e. The van der Waals surface area contributed by atoms with E-state index in [-0.39, 0.29) is 18.4 Å². The molecule has 0 unspecified atom stereocenters. The molecule has 0 spiro atoms. The van der Waals surface area contributed by atoms with Crippen LogP contribution in [0.1, 0.15) is 25.8 Å². The summed E-state index contributed by atoms with van der Waals surface area (Å²) in [7, 11) is 0.